The van der Waals surface area contributed by atoms with E-state index in [-0.39, 0.29) is 11.3 Å². The van der Waals surface area contributed by atoms with Crippen molar-refractivity contribution in [2.24, 2.45) is 0 Å². The summed E-state index contributed by atoms with van der Waals surface area (Å²) in [5.74, 6) is 0.810. The second-order valence-electron chi connectivity index (χ2n) is 5.80. The third-order valence-electron chi connectivity index (χ3n) is 4.46. The Bertz CT molecular complexity index is 848. The van der Waals surface area contributed by atoms with Gasteiger partial charge in [0, 0.05) is 0 Å². The zero-order valence-corrected chi connectivity index (χ0v) is 12.1. The molecule has 1 N–H and O–H groups in total. The summed E-state index contributed by atoms with van der Waals surface area (Å²) in [6, 6.07) is 5.94. The molecule has 0 unspecified atom stereocenters. The van der Waals surface area contributed by atoms with Crippen molar-refractivity contribution in [2.45, 2.75) is 38.0 Å². The van der Waals surface area contributed by atoms with Crippen LogP contribution in [0.1, 0.15) is 43.6 Å². The minimum Gasteiger partial charge on any atom is -0.463 e. The van der Waals surface area contributed by atoms with E-state index < -0.39 is 0 Å². The molecule has 2 heterocycles. The van der Waals surface area contributed by atoms with Gasteiger partial charge in [0.2, 0.25) is 11.3 Å². The number of fused-ring (bicyclic) bond motifs is 1. The number of hydrogen-bond acceptors (Lipinski definition) is 5. The van der Waals surface area contributed by atoms with Crippen LogP contribution < -0.4 is 5.43 Å². The topological polar surface area (TPSA) is 84.7 Å². The van der Waals surface area contributed by atoms with E-state index in [4.69, 9.17) is 4.42 Å². The summed E-state index contributed by atoms with van der Waals surface area (Å²) in [6.45, 7) is 0. The largest absolute Gasteiger partial charge is 0.463 e. The van der Waals surface area contributed by atoms with E-state index >= 15 is 0 Å². The maximum atomic E-state index is 12.7. The van der Waals surface area contributed by atoms with Gasteiger partial charge in [0.05, 0.1) is 5.39 Å². The minimum atomic E-state index is -0.111. The lowest BCUT2D eigenvalue weighted by Crippen LogP contribution is -2.08. The number of tetrazole rings is 1. The highest BCUT2D eigenvalue weighted by Crippen LogP contribution is 2.33. The van der Waals surface area contributed by atoms with Gasteiger partial charge in [-0.05, 0) is 41.7 Å². The van der Waals surface area contributed by atoms with E-state index in [2.05, 4.69) is 26.7 Å². The maximum Gasteiger partial charge on any atom is 0.211 e. The fourth-order valence-electron chi connectivity index (χ4n) is 3.27. The molecule has 0 atom stereocenters. The predicted octanol–water partition coefficient (Wildman–Crippen LogP) is 3.02. The highest BCUT2D eigenvalue weighted by atomic mass is 16.3. The van der Waals surface area contributed by atoms with Gasteiger partial charge in [-0.15, -0.1) is 10.2 Å². The summed E-state index contributed by atoms with van der Waals surface area (Å²) in [5.41, 5.74) is 2.05. The van der Waals surface area contributed by atoms with Crippen LogP contribution in [0.5, 0.6) is 0 Å². The zero-order valence-electron chi connectivity index (χ0n) is 12.1. The molecule has 3 aromatic rings. The molecule has 0 amide bonds. The average Bonchev–Trinajstić information content (AvgIpc) is 3.10. The Morgan fingerprint density at radius 1 is 1.18 bits per heavy atom. The van der Waals surface area contributed by atoms with Crippen molar-refractivity contribution < 1.29 is 4.42 Å². The smallest absolute Gasteiger partial charge is 0.211 e. The molecule has 0 spiro atoms. The molecule has 0 saturated heterocycles. The van der Waals surface area contributed by atoms with Crippen molar-refractivity contribution in [1.29, 1.82) is 0 Å². The Labute approximate surface area is 126 Å². The molecular weight excluding hydrogens is 280 g/mol. The first-order valence-corrected chi connectivity index (χ1v) is 7.62. The molecule has 1 aliphatic carbocycles. The summed E-state index contributed by atoms with van der Waals surface area (Å²) < 4.78 is 5.57. The molecule has 6 heteroatoms. The second kappa shape index (κ2) is 5.36. The van der Waals surface area contributed by atoms with Gasteiger partial charge in [-0.25, -0.2) is 0 Å². The monoisotopic (exact) mass is 296 g/mol. The van der Waals surface area contributed by atoms with Crippen LogP contribution in [0.4, 0.5) is 0 Å². The van der Waals surface area contributed by atoms with Crippen LogP contribution in [0.15, 0.2) is 33.7 Å². The molecule has 0 radical (unpaired) electrons. The first-order chi connectivity index (χ1) is 10.8. The maximum absolute atomic E-state index is 12.7. The molecule has 22 heavy (non-hydrogen) atoms. The molecule has 0 bridgehead atoms. The Morgan fingerprint density at radius 3 is 2.82 bits per heavy atom. The molecule has 4 rings (SSSR count). The van der Waals surface area contributed by atoms with Crippen LogP contribution in [0, 0.1) is 0 Å². The van der Waals surface area contributed by atoms with Crippen molar-refractivity contribution >= 4 is 11.0 Å². The molecule has 2 aromatic heterocycles. The lowest BCUT2D eigenvalue weighted by atomic mass is 9.84. The Hall–Kier alpha value is -2.50. The van der Waals surface area contributed by atoms with Crippen LogP contribution in [0.3, 0.4) is 0 Å². The number of nitrogens with one attached hydrogen (secondary N) is 1. The summed E-state index contributed by atoms with van der Waals surface area (Å²) in [4.78, 5) is 12.7. The van der Waals surface area contributed by atoms with Crippen molar-refractivity contribution in [2.75, 3.05) is 0 Å². The molecular formula is C16H16N4O2. The average molecular weight is 296 g/mol. The third kappa shape index (κ3) is 2.20. The summed E-state index contributed by atoms with van der Waals surface area (Å²) in [5, 5.41) is 14.2. The molecule has 1 saturated carbocycles. The number of aromatic nitrogens is 4. The third-order valence-corrected chi connectivity index (χ3v) is 4.46. The number of hydrogen-bond donors (Lipinski definition) is 1. The highest BCUT2D eigenvalue weighted by Gasteiger charge is 2.18. The Morgan fingerprint density at radius 2 is 2.05 bits per heavy atom. The number of aromatic amines is 1. The van der Waals surface area contributed by atoms with Gasteiger partial charge in [0.15, 0.2) is 0 Å². The number of H-pyrrole nitrogens is 1. The van der Waals surface area contributed by atoms with Crippen LogP contribution in [0.25, 0.3) is 22.4 Å². The van der Waals surface area contributed by atoms with Gasteiger partial charge in [-0.3, -0.25) is 4.79 Å². The van der Waals surface area contributed by atoms with E-state index in [9.17, 15) is 4.79 Å². The van der Waals surface area contributed by atoms with E-state index in [0.29, 0.717) is 22.5 Å². The Kier molecular flexibility index (Phi) is 3.21. The normalized spacial score (nSPS) is 16.2. The first kappa shape index (κ1) is 13.2. The van der Waals surface area contributed by atoms with Crippen LogP contribution in [-0.4, -0.2) is 20.6 Å². The number of benzene rings is 1. The van der Waals surface area contributed by atoms with Crippen molar-refractivity contribution in [3.8, 4) is 11.4 Å². The fraction of sp³-hybridized carbons (Fsp3) is 0.375. The van der Waals surface area contributed by atoms with E-state index in [0.717, 1.165) is 0 Å². The molecule has 6 nitrogen and oxygen atoms in total. The van der Waals surface area contributed by atoms with E-state index in [1.165, 1.54) is 43.9 Å². The van der Waals surface area contributed by atoms with Gasteiger partial charge < -0.3 is 4.42 Å². The van der Waals surface area contributed by atoms with Gasteiger partial charge in [-0.1, -0.05) is 25.3 Å². The van der Waals surface area contributed by atoms with Gasteiger partial charge in [-0.2, -0.15) is 5.21 Å². The molecule has 0 aliphatic heterocycles. The van der Waals surface area contributed by atoms with Gasteiger partial charge >= 0.3 is 0 Å². The van der Waals surface area contributed by atoms with E-state index in [1.54, 1.807) is 0 Å². The molecule has 112 valence electrons. The van der Waals surface area contributed by atoms with Crippen molar-refractivity contribution in [3.05, 3.63) is 40.2 Å². The van der Waals surface area contributed by atoms with Crippen LogP contribution >= 0.6 is 0 Å². The minimum absolute atomic E-state index is 0.111. The van der Waals surface area contributed by atoms with Gasteiger partial charge in [0.1, 0.15) is 17.4 Å². The van der Waals surface area contributed by atoms with Crippen LogP contribution in [0.2, 0.25) is 0 Å². The molecule has 1 fully saturated rings. The highest BCUT2D eigenvalue weighted by molar-refractivity contribution is 5.81. The van der Waals surface area contributed by atoms with E-state index in [1.807, 2.05) is 12.1 Å². The summed E-state index contributed by atoms with van der Waals surface area (Å²) in [6.07, 6.45) is 7.63. The predicted molar refractivity (Wildman–Crippen MR) is 81.5 cm³/mol. The fourth-order valence-corrected chi connectivity index (χ4v) is 3.27. The molecule has 1 aliphatic rings. The summed E-state index contributed by atoms with van der Waals surface area (Å²) in [7, 11) is 0. The zero-order chi connectivity index (χ0) is 14.9. The number of nitrogens with zero attached hydrogens (tertiary/aromatic N) is 3. The lowest BCUT2D eigenvalue weighted by molar-refractivity contribution is 0.444. The SMILES string of the molecule is O=c1c(-c2nn[nH]n2)coc2ccc(C3CCCCC3)cc12. The lowest BCUT2D eigenvalue weighted by Gasteiger charge is -2.22. The van der Waals surface area contributed by atoms with Crippen molar-refractivity contribution in [3.63, 3.8) is 0 Å². The molecule has 1 aromatic carbocycles. The van der Waals surface area contributed by atoms with Crippen LogP contribution in [-0.2, 0) is 0 Å². The second-order valence-corrected chi connectivity index (χ2v) is 5.80. The van der Waals surface area contributed by atoms with Gasteiger partial charge in [0.25, 0.3) is 0 Å². The summed E-state index contributed by atoms with van der Waals surface area (Å²) >= 11 is 0. The quantitative estimate of drug-likeness (QED) is 0.785. The van der Waals surface area contributed by atoms with Crippen molar-refractivity contribution in [1.82, 2.24) is 20.6 Å². The standard InChI is InChI=1S/C16H16N4O2/c21-15-12-8-11(10-4-2-1-3-5-10)6-7-14(12)22-9-13(15)16-17-19-20-18-16/h6-10H,1-5H2,(H,17,18,19,20). The first-order valence-electron chi connectivity index (χ1n) is 7.62. The number of rotatable bonds is 2. The Balaban J connectivity index is 1.83.